The van der Waals surface area contributed by atoms with Crippen LogP contribution in [0, 0.1) is 5.92 Å². The molecular formula is C10H20O2. The number of hydrogen-bond donors (Lipinski definition) is 0. The Bertz CT molecular complexity index is 130. The second-order valence-electron chi connectivity index (χ2n) is 3.53. The van der Waals surface area contributed by atoms with E-state index in [0.29, 0.717) is 0 Å². The first-order chi connectivity index (χ1) is 5.57. The van der Waals surface area contributed by atoms with Crippen LogP contribution in [0.25, 0.3) is 0 Å². The average molecular weight is 172 g/mol. The normalized spacial score (nSPS) is 13.1. The summed E-state index contributed by atoms with van der Waals surface area (Å²) in [6, 6.07) is 0. The Morgan fingerprint density at radius 2 is 1.92 bits per heavy atom. The zero-order valence-electron chi connectivity index (χ0n) is 8.59. The fraction of sp³-hybridized carbons (Fsp3) is 0.900. The highest BCUT2D eigenvalue weighted by Crippen LogP contribution is 2.10. The van der Waals surface area contributed by atoms with Gasteiger partial charge in [-0.25, -0.2) is 0 Å². The summed E-state index contributed by atoms with van der Waals surface area (Å²) in [6.45, 7) is 7.82. The van der Waals surface area contributed by atoms with Crippen molar-refractivity contribution in [2.45, 2.75) is 53.1 Å². The molecule has 0 fully saturated rings. The predicted molar refractivity (Wildman–Crippen MR) is 49.9 cm³/mol. The Kier molecular flexibility index (Phi) is 5.77. The predicted octanol–water partition coefficient (Wildman–Crippen LogP) is 2.76. The van der Waals surface area contributed by atoms with Crippen LogP contribution in [0.15, 0.2) is 0 Å². The third-order valence-corrected chi connectivity index (χ3v) is 1.74. The molecule has 0 saturated heterocycles. The topological polar surface area (TPSA) is 26.3 Å². The van der Waals surface area contributed by atoms with Crippen molar-refractivity contribution in [3.8, 4) is 0 Å². The molecule has 72 valence electrons. The summed E-state index contributed by atoms with van der Waals surface area (Å²) in [5.74, 6) is 0.00537. The highest BCUT2D eigenvalue weighted by Gasteiger charge is 2.14. The van der Waals surface area contributed by atoms with Crippen molar-refractivity contribution in [3.63, 3.8) is 0 Å². The van der Waals surface area contributed by atoms with E-state index < -0.39 is 0 Å². The minimum absolute atomic E-state index is 0.0153. The summed E-state index contributed by atoms with van der Waals surface area (Å²) >= 11 is 0. The van der Waals surface area contributed by atoms with Gasteiger partial charge in [0.1, 0.15) is 0 Å². The van der Waals surface area contributed by atoms with Crippen molar-refractivity contribution in [2.24, 2.45) is 5.92 Å². The molecule has 0 aliphatic carbocycles. The van der Waals surface area contributed by atoms with E-state index in [1.165, 1.54) is 0 Å². The Labute approximate surface area is 75.3 Å². The van der Waals surface area contributed by atoms with Gasteiger partial charge in [-0.1, -0.05) is 26.7 Å². The molecule has 0 N–H and O–H groups in total. The van der Waals surface area contributed by atoms with Gasteiger partial charge in [-0.05, 0) is 20.3 Å². The van der Waals surface area contributed by atoms with Crippen LogP contribution >= 0.6 is 0 Å². The van der Waals surface area contributed by atoms with Crippen LogP contribution in [0.1, 0.15) is 47.0 Å². The average Bonchev–Trinajstić information content (AvgIpc) is 1.98. The van der Waals surface area contributed by atoms with Crippen molar-refractivity contribution in [1.29, 1.82) is 0 Å². The van der Waals surface area contributed by atoms with E-state index in [0.717, 1.165) is 19.3 Å². The van der Waals surface area contributed by atoms with E-state index in [4.69, 9.17) is 4.74 Å². The van der Waals surface area contributed by atoms with Crippen LogP contribution < -0.4 is 0 Å². The molecule has 0 spiro atoms. The van der Waals surface area contributed by atoms with Gasteiger partial charge in [0, 0.05) is 0 Å². The second kappa shape index (κ2) is 6.04. The minimum atomic E-state index is -0.0570. The molecule has 0 aliphatic rings. The maximum absolute atomic E-state index is 11.2. The molecule has 0 rings (SSSR count). The Morgan fingerprint density at radius 1 is 1.33 bits per heavy atom. The largest absolute Gasteiger partial charge is 0.463 e. The van der Waals surface area contributed by atoms with Crippen molar-refractivity contribution >= 4 is 5.97 Å². The van der Waals surface area contributed by atoms with E-state index >= 15 is 0 Å². The Morgan fingerprint density at radius 3 is 2.33 bits per heavy atom. The van der Waals surface area contributed by atoms with Crippen LogP contribution in [-0.4, -0.2) is 12.1 Å². The molecular weight excluding hydrogens is 152 g/mol. The molecule has 0 radical (unpaired) electrons. The molecule has 0 aromatic heterocycles. The smallest absolute Gasteiger partial charge is 0.308 e. The first kappa shape index (κ1) is 11.5. The van der Waals surface area contributed by atoms with E-state index in [9.17, 15) is 4.79 Å². The fourth-order valence-corrected chi connectivity index (χ4v) is 0.977. The number of rotatable bonds is 5. The summed E-state index contributed by atoms with van der Waals surface area (Å²) in [7, 11) is 0. The maximum atomic E-state index is 11.2. The first-order valence-corrected chi connectivity index (χ1v) is 4.78. The lowest BCUT2D eigenvalue weighted by Crippen LogP contribution is -2.18. The minimum Gasteiger partial charge on any atom is -0.463 e. The molecule has 1 atom stereocenters. The van der Waals surface area contributed by atoms with Gasteiger partial charge in [0.05, 0.1) is 12.0 Å². The summed E-state index contributed by atoms with van der Waals surface area (Å²) < 4.78 is 5.07. The maximum Gasteiger partial charge on any atom is 0.308 e. The molecule has 0 aromatic rings. The third kappa shape index (κ3) is 5.16. The molecule has 0 saturated carbocycles. The monoisotopic (exact) mass is 172 g/mol. The van der Waals surface area contributed by atoms with Crippen LogP contribution in [0.3, 0.4) is 0 Å². The van der Waals surface area contributed by atoms with Crippen molar-refractivity contribution in [2.75, 3.05) is 0 Å². The summed E-state index contributed by atoms with van der Waals surface area (Å²) in [5, 5.41) is 0. The van der Waals surface area contributed by atoms with Crippen molar-refractivity contribution < 1.29 is 9.53 Å². The number of hydrogen-bond acceptors (Lipinski definition) is 2. The SMILES string of the molecule is CCCCC(C)C(=O)OC(C)C. The summed E-state index contributed by atoms with van der Waals surface area (Å²) in [5.41, 5.74) is 0. The summed E-state index contributed by atoms with van der Waals surface area (Å²) in [6.07, 6.45) is 3.21. The number of carbonyl (C=O) groups is 1. The highest BCUT2D eigenvalue weighted by atomic mass is 16.5. The van der Waals surface area contributed by atoms with Crippen LogP contribution in [-0.2, 0) is 9.53 Å². The molecule has 2 heteroatoms. The van der Waals surface area contributed by atoms with Gasteiger partial charge in [-0.2, -0.15) is 0 Å². The lowest BCUT2D eigenvalue weighted by molar-refractivity contribution is -0.152. The summed E-state index contributed by atoms with van der Waals surface area (Å²) in [4.78, 5) is 11.2. The van der Waals surface area contributed by atoms with Crippen LogP contribution in [0.5, 0.6) is 0 Å². The van der Waals surface area contributed by atoms with Crippen LogP contribution in [0.4, 0.5) is 0 Å². The number of ether oxygens (including phenoxy) is 1. The van der Waals surface area contributed by atoms with Crippen LogP contribution in [0.2, 0.25) is 0 Å². The van der Waals surface area contributed by atoms with Gasteiger partial charge >= 0.3 is 5.97 Å². The third-order valence-electron chi connectivity index (χ3n) is 1.74. The van der Waals surface area contributed by atoms with E-state index in [1.807, 2.05) is 20.8 Å². The zero-order chi connectivity index (χ0) is 9.56. The molecule has 2 nitrogen and oxygen atoms in total. The van der Waals surface area contributed by atoms with Gasteiger partial charge in [0.2, 0.25) is 0 Å². The number of esters is 1. The van der Waals surface area contributed by atoms with E-state index in [-0.39, 0.29) is 18.0 Å². The first-order valence-electron chi connectivity index (χ1n) is 4.78. The van der Waals surface area contributed by atoms with E-state index in [2.05, 4.69) is 6.92 Å². The lowest BCUT2D eigenvalue weighted by atomic mass is 10.1. The van der Waals surface area contributed by atoms with Gasteiger partial charge < -0.3 is 4.74 Å². The highest BCUT2D eigenvalue weighted by molar-refractivity contribution is 5.72. The molecule has 0 aromatic carbocycles. The molecule has 0 aliphatic heterocycles. The van der Waals surface area contributed by atoms with Gasteiger partial charge in [0.15, 0.2) is 0 Å². The quantitative estimate of drug-likeness (QED) is 0.596. The fourth-order valence-electron chi connectivity index (χ4n) is 0.977. The number of carbonyl (C=O) groups excluding carboxylic acids is 1. The van der Waals surface area contributed by atoms with Gasteiger partial charge in [0.25, 0.3) is 0 Å². The Balaban J connectivity index is 3.61. The Hall–Kier alpha value is -0.530. The van der Waals surface area contributed by atoms with Gasteiger partial charge in [-0.3, -0.25) is 4.79 Å². The van der Waals surface area contributed by atoms with Gasteiger partial charge in [-0.15, -0.1) is 0 Å². The van der Waals surface area contributed by atoms with Crippen molar-refractivity contribution in [1.82, 2.24) is 0 Å². The molecule has 0 heterocycles. The molecule has 0 bridgehead atoms. The van der Waals surface area contributed by atoms with Crippen molar-refractivity contribution in [3.05, 3.63) is 0 Å². The van der Waals surface area contributed by atoms with E-state index in [1.54, 1.807) is 0 Å². The molecule has 0 amide bonds. The molecule has 12 heavy (non-hydrogen) atoms. The number of unbranched alkanes of at least 4 members (excludes halogenated alkanes) is 1. The molecule has 1 unspecified atom stereocenters. The second-order valence-corrected chi connectivity index (χ2v) is 3.53. The zero-order valence-corrected chi connectivity index (χ0v) is 8.59. The lowest BCUT2D eigenvalue weighted by Gasteiger charge is -2.12. The standard InChI is InChI=1S/C10H20O2/c1-5-6-7-9(4)10(11)12-8(2)3/h8-9H,5-7H2,1-4H3.